The maximum Gasteiger partial charge on any atom is 0.159 e. The molecule has 4 N–H and O–H groups in total. The van der Waals surface area contributed by atoms with Crippen LogP contribution in [0.3, 0.4) is 0 Å². The van der Waals surface area contributed by atoms with E-state index in [4.69, 9.17) is 0 Å². The minimum absolute atomic E-state index is 0. The summed E-state index contributed by atoms with van der Waals surface area (Å²) in [6.07, 6.45) is 2.72. The molecule has 8 nitrogen and oxygen atoms in total. The van der Waals surface area contributed by atoms with Crippen molar-refractivity contribution >= 4 is 5.78 Å². The molecule has 6 rings (SSSR count). The second kappa shape index (κ2) is 16.1. The van der Waals surface area contributed by atoms with E-state index >= 15 is 0 Å². The lowest BCUT2D eigenvalue weighted by atomic mass is 9.92. The van der Waals surface area contributed by atoms with E-state index < -0.39 is 0 Å². The molecule has 0 aliphatic carbocycles. The third kappa shape index (κ3) is 8.54. The number of hydrogen-bond acceptors (Lipinski definition) is 6. The molecule has 1 aliphatic heterocycles. The first-order valence-corrected chi connectivity index (χ1v) is 15.7. The molecule has 2 heterocycles. The highest BCUT2D eigenvalue weighted by molar-refractivity contribution is 5.94. The summed E-state index contributed by atoms with van der Waals surface area (Å²) in [5, 5.41) is 21.1. The van der Waals surface area contributed by atoms with Crippen molar-refractivity contribution in [1.29, 1.82) is 0 Å². The van der Waals surface area contributed by atoms with Gasteiger partial charge in [0.2, 0.25) is 0 Å². The summed E-state index contributed by atoms with van der Waals surface area (Å²) in [4.78, 5) is 16.1. The van der Waals surface area contributed by atoms with Gasteiger partial charge in [0.25, 0.3) is 0 Å². The summed E-state index contributed by atoms with van der Waals surface area (Å²) < 4.78 is 0. The van der Waals surface area contributed by atoms with Crippen molar-refractivity contribution in [3.05, 3.63) is 137 Å². The molecule has 1 aliphatic rings. The van der Waals surface area contributed by atoms with Crippen LogP contribution in [-0.2, 0) is 13.0 Å². The maximum atomic E-state index is 10.9. The van der Waals surface area contributed by atoms with Crippen LogP contribution < -0.4 is 0 Å². The molecule has 3 atom stereocenters. The van der Waals surface area contributed by atoms with Crippen molar-refractivity contribution in [2.45, 2.75) is 58.8 Å². The molecule has 0 saturated carbocycles. The van der Waals surface area contributed by atoms with Gasteiger partial charge in [0.1, 0.15) is 11.4 Å². The number of carbonyl (C=O) groups excluding carboxylic acids is 1. The number of aromatic amines is 1. The predicted molar refractivity (Wildman–Crippen MR) is 184 cm³/mol. The number of piperazine rings is 1. The Morgan fingerprint density at radius 1 is 0.870 bits per heavy atom. The Morgan fingerprint density at radius 3 is 2.24 bits per heavy atom. The fourth-order valence-corrected chi connectivity index (χ4v) is 6.08. The first kappa shape index (κ1) is 34.2. The van der Waals surface area contributed by atoms with E-state index in [-0.39, 0.29) is 17.3 Å². The fourth-order valence-electron chi connectivity index (χ4n) is 6.08. The number of hydrogen-bond donors (Lipinski definition) is 2. The second-order valence-corrected chi connectivity index (χ2v) is 11.9. The summed E-state index contributed by atoms with van der Waals surface area (Å²) in [6.45, 7) is 11.2. The highest BCUT2D eigenvalue weighted by atomic mass is 16.3. The Hall–Kier alpha value is -4.63. The molecule has 1 aromatic heterocycles. The molecular weight excluding hydrogens is 574 g/mol. The van der Waals surface area contributed by atoms with Crippen LogP contribution >= 0.6 is 0 Å². The standard InChI is InChI=1S/C28H31N5O.C10H12O.H2O/c1-20-18-33(21(2)17-32(20)19-22-7-4-3-5-8-22)28(25-9-6-10-26(34)15-25)24-13-11-23(12-14-24)27-16-29-31-30-27;1-3-9-5-4-6-10(7-9)8(2)11;/h3-16,20-21,28,34H,17-19H2,1-2H3,(H,29,30,31);4-7H,3H2,1-2H3;1H2/t20-,21+,28-;;/m1../s1. The quantitative estimate of drug-likeness (QED) is 0.192. The molecule has 0 amide bonds. The van der Waals surface area contributed by atoms with Gasteiger partial charge in [-0.1, -0.05) is 91.9 Å². The van der Waals surface area contributed by atoms with Crippen molar-refractivity contribution in [2.75, 3.05) is 13.1 Å². The van der Waals surface area contributed by atoms with Crippen molar-refractivity contribution in [3.63, 3.8) is 0 Å². The van der Waals surface area contributed by atoms with Crippen LogP contribution in [0.25, 0.3) is 11.3 Å². The van der Waals surface area contributed by atoms with Crippen molar-refractivity contribution in [2.24, 2.45) is 0 Å². The van der Waals surface area contributed by atoms with Gasteiger partial charge in [-0.25, -0.2) is 0 Å². The van der Waals surface area contributed by atoms with Crippen LogP contribution in [0.15, 0.2) is 109 Å². The number of phenolic OH excluding ortho intramolecular Hbond substituents is 1. The Bertz CT molecular complexity index is 1660. The molecule has 240 valence electrons. The van der Waals surface area contributed by atoms with Crippen LogP contribution in [0.1, 0.15) is 66.3 Å². The lowest BCUT2D eigenvalue weighted by Gasteiger charge is -2.47. The van der Waals surface area contributed by atoms with Crippen LogP contribution in [0.2, 0.25) is 0 Å². The van der Waals surface area contributed by atoms with Crippen LogP contribution in [-0.4, -0.2) is 66.7 Å². The second-order valence-electron chi connectivity index (χ2n) is 11.9. The van der Waals surface area contributed by atoms with E-state index in [2.05, 4.69) is 107 Å². The average molecular weight is 620 g/mol. The summed E-state index contributed by atoms with van der Waals surface area (Å²) in [5.74, 6) is 0.436. The smallest absolute Gasteiger partial charge is 0.159 e. The normalized spacial score (nSPS) is 17.3. The number of nitrogens with one attached hydrogen (secondary N) is 1. The summed E-state index contributed by atoms with van der Waals surface area (Å²) in [6, 6.07) is 35.5. The van der Waals surface area contributed by atoms with Gasteiger partial charge in [0, 0.05) is 42.8 Å². The van der Waals surface area contributed by atoms with E-state index in [1.165, 1.54) is 16.7 Å². The molecule has 46 heavy (non-hydrogen) atoms. The lowest BCUT2D eigenvalue weighted by molar-refractivity contribution is 0.0195. The van der Waals surface area contributed by atoms with Gasteiger partial charge in [-0.2, -0.15) is 15.4 Å². The van der Waals surface area contributed by atoms with Crippen LogP contribution in [0.5, 0.6) is 5.75 Å². The molecule has 8 heteroatoms. The maximum absolute atomic E-state index is 10.9. The minimum Gasteiger partial charge on any atom is -0.508 e. The largest absolute Gasteiger partial charge is 0.508 e. The van der Waals surface area contributed by atoms with Gasteiger partial charge in [-0.3, -0.25) is 14.6 Å². The number of aryl methyl sites for hydroxylation is 1. The van der Waals surface area contributed by atoms with E-state index in [9.17, 15) is 9.90 Å². The molecule has 0 unspecified atom stereocenters. The Morgan fingerprint density at radius 2 is 1.59 bits per heavy atom. The van der Waals surface area contributed by atoms with Gasteiger partial charge in [-0.05, 0) is 67.6 Å². The van der Waals surface area contributed by atoms with Crippen LogP contribution in [0.4, 0.5) is 0 Å². The van der Waals surface area contributed by atoms with Gasteiger partial charge >= 0.3 is 0 Å². The number of carbonyl (C=O) groups is 1. The third-order valence-electron chi connectivity index (χ3n) is 8.59. The number of ketones is 1. The Balaban J connectivity index is 0.000000341. The number of benzene rings is 4. The first-order chi connectivity index (χ1) is 21.8. The molecule has 1 fully saturated rings. The highest BCUT2D eigenvalue weighted by Gasteiger charge is 2.35. The van der Waals surface area contributed by atoms with Gasteiger partial charge in [0.05, 0.1) is 12.2 Å². The summed E-state index contributed by atoms with van der Waals surface area (Å²) >= 11 is 0. The number of aromatic hydroxyl groups is 1. The SMILES string of the molecule is CCc1cccc(C(C)=O)c1.C[C@@H]1CN([C@H](c2ccc(-c3cn[nH]n3)cc2)c2cccc(O)c2)[C@@H](C)CN1Cc1ccccc1.O. The highest BCUT2D eigenvalue weighted by Crippen LogP contribution is 2.35. The Labute approximate surface area is 272 Å². The zero-order chi connectivity index (χ0) is 31.8. The fraction of sp³-hybridized carbons (Fsp3) is 0.289. The van der Waals surface area contributed by atoms with Gasteiger partial charge in [-0.15, -0.1) is 0 Å². The average Bonchev–Trinajstić information content (AvgIpc) is 3.60. The zero-order valence-electron chi connectivity index (χ0n) is 27.1. The number of phenols is 1. The molecular formula is C38H45N5O3. The van der Waals surface area contributed by atoms with E-state index in [1.54, 1.807) is 19.2 Å². The van der Waals surface area contributed by atoms with Crippen molar-refractivity contribution in [3.8, 4) is 17.0 Å². The van der Waals surface area contributed by atoms with Gasteiger partial charge < -0.3 is 10.6 Å². The molecule has 0 bridgehead atoms. The number of rotatable bonds is 8. The first-order valence-electron chi connectivity index (χ1n) is 15.7. The molecule has 4 aromatic carbocycles. The predicted octanol–water partition coefficient (Wildman–Crippen LogP) is 6.49. The minimum atomic E-state index is 0. The number of H-pyrrole nitrogens is 1. The zero-order valence-corrected chi connectivity index (χ0v) is 27.1. The van der Waals surface area contributed by atoms with Crippen molar-refractivity contribution < 1.29 is 15.4 Å². The number of aromatic nitrogens is 3. The number of nitrogens with zero attached hydrogens (tertiary/aromatic N) is 4. The van der Waals surface area contributed by atoms with Crippen molar-refractivity contribution in [1.82, 2.24) is 25.2 Å². The topological polar surface area (TPSA) is 117 Å². The third-order valence-corrected chi connectivity index (χ3v) is 8.59. The molecule has 0 spiro atoms. The van der Waals surface area contributed by atoms with Crippen LogP contribution in [0, 0.1) is 0 Å². The number of Topliss-reactive ketones (excluding diaryl/α,β-unsaturated/α-hetero) is 1. The molecule has 0 radical (unpaired) electrons. The van der Waals surface area contributed by atoms with E-state index in [0.717, 1.165) is 48.4 Å². The molecule has 5 aromatic rings. The van der Waals surface area contributed by atoms with E-state index in [1.807, 2.05) is 36.4 Å². The lowest BCUT2D eigenvalue weighted by Crippen LogP contribution is -2.56. The summed E-state index contributed by atoms with van der Waals surface area (Å²) in [5.41, 5.74) is 7.54. The monoisotopic (exact) mass is 619 g/mol. The van der Waals surface area contributed by atoms with E-state index in [0.29, 0.717) is 17.8 Å². The summed E-state index contributed by atoms with van der Waals surface area (Å²) in [7, 11) is 0. The van der Waals surface area contributed by atoms with Gasteiger partial charge in [0.15, 0.2) is 5.78 Å². The molecule has 1 saturated heterocycles. The Kier molecular flexibility index (Phi) is 12.0.